The fraction of sp³-hybridized carbons (Fsp3) is 0.282. The molecule has 252 valence electrons. The number of hydrogen-bond acceptors (Lipinski definition) is 7. The Balaban J connectivity index is 1.18. The number of rotatable bonds is 10. The summed E-state index contributed by atoms with van der Waals surface area (Å²) in [5.74, 6) is -1.83. The summed E-state index contributed by atoms with van der Waals surface area (Å²) in [6, 6.07) is 39.7. The molecular weight excluding hydrogens is 688 g/mol. The SMILES string of the molecule is CC1(C)OC2[C@@H](O1)[C@@H](COC(c1ccccc1)(c1ccccc1)c1ccccc1)O[C@H]2N1C=C(Br)C(=O)N(OCc2ccccc2)CC1=O. The first-order chi connectivity index (χ1) is 23.7. The Kier molecular flexibility index (Phi) is 9.52. The summed E-state index contributed by atoms with van der Waals surface area (Å²) in [5, 5.41) is 1.06. The highest BCUT2D eigenvalue weighted by Crippen LogP contribution is 2.44. The van der Waals surface area contributed by atoms with Crippen LogP contribution in [0.5, 0.6) is 0 Å². The molecule has 4 aromatic carbocycles. The molecule has 4 atom stereocenters. The molecule has 0 aliphatic carbocycles. The highest BCUT2D eigenvalue weighted by molar-refractivity contribution is 9.12. The van der Waals surface area contributed by atoms with Gasteiger partial charge in [0.05, 0.1) is 6.61 Å². The lowest BCUT2D eigenvalue weighted by molar-refractivity contribution is -0.213. The average Bonchev–Trinajstić information content (AvgIpc) is 3.59. The van der Waals surface area contributed by atoms with Gasteiger partial charge in [0.25, 0.3) is 11.8 Å². The standard InChI is InChI=1S/C39H37BrN2O7/c1-38(2)48-34-32(26-45-39(28-17-9-4-10-18-28,29-19-11-5-12-20-29)30-21-13-6-14-22-30)47-37(35(34)49-38)41-23-31(40)36(44)42(24-33(41)43)46-25-27-15-7-3-8-16-27/h3-23,32,34-35,37H,24-26H2,1-2H3/t32-,34+,35?,37-/m1/s1. The average molecular weight is 726 g/mol. The van der Waals surface area contributed by atoms with Crippen molar-refractivity contribution in [2.24, 2.45) is 0 Å². The van der Waals surface area contributed by atoms with Gasteiger partial charge in [0.2, 0.25) is 0 Å². The van der Waals surface area contributed by atoms with E-state index in [0.717, 1.165) is 27.3 Å². The third-order valence-corrected chi connectivity index (χ3v) is 9.43. The molecule has 2 amide bonds. The number of hydrogen-bond donors (Lipinski definition) is 0. The molecule has 0 saturated carbocycles. The van der Waals surface area contributed by atoms with E-state index in [2.05, 4.69) is 52.3 Å². The number of nitrogens with zero attached hydrogens (tertiary/aromatic N) is 2. The fourth-order valence-electron chi connectivity index (χ4n) is 6.68. The van der Waals surface area contributed by atoms with Gasteiger partial charge in [0, 0.05) is 6.20 Å². The van der Waals surface area contributed by atoms with E-state index in [1.165, 1.54) is 11.1 Å². The Morgan fingerprint density at radius 2 is 1.29 bits per heavy atom. The summed E-state index contributed by atoms with van der Waals surface area (Å²) >= 11 is 3.37. The Hall–Kier alpha value is -4.16. The van der Waals surface area contributed by atoms with E-state index in [-0.39, 0.29) is 24.2 Å². The molecule has 0 bridgehead atoms. The van der Waals surface area contributed by atoms with Gasteiger partial charge in [-0.1, -0.05) is 121 Å². The number of fused-ring (bicyclic) bond motifs is 1. The predicted molar refractivity (Wildman–Crippen MR) is 184 cm³/mol. The van der Waals surface area contributed by atoms with Crippen LogP contribution in [0.2, 0.25) is 0 Å². The van der Waals surface area contributed by atoms with E-state index in [1.54, 1.807) is 0 Å². The largest absolute Gasteiger partial charge is 0.358 e. The molecule has 3 heterocycles. The normalized spacial score (nSPS) is 23.7. The molecule has 0 aromatic heterocycles. The third kappa shape index (κ3) is 6.72. The van der Waals surface area contributed by atoms with Crippen LogP contribution in [0.3, 0.4) is 0 Å². The van der Waals surface area contributed by atoms with Gasteiger partial charge in [0.1, 0.15) is 41.5 Å². The molecule has 9 nitrogen and oxygen atoms in total. The van der Waals surface area contributed by atoms with Gasteiger partial charge in [-0.15, -0.1) is 0 Å². The van der Waals surface area contributed by atoms with E-state index >= 15 is 0 Å². The quantitative estimate of drug-likeness (QED) is 0.178. The highest BCUT2D eigenvalue weighted by Gasteiger charge is 2.58. The highest BCUT2D eigenvalue weighted by atomic mass is 79.9. The Labute approximate surface area is 294 Å². The zero-order chi connectivity index (χ0) is 34.0. The van der Waals surface area contributed by atoms with Crippen molar-refractivity contribution in [1.29, 1.82) is 0 Å². The zero-order valence-corrected chi connectivity index (χ0v) is 28.8. The van der Waals surface area contributed by atoms with Crippen LogP contribution in [0.1, 0.15) is 36.1 Å². The predicted octanol–water partition coefficient (Wildman–Crippen LogP) is 6.28. The minimum Gasteiger partial charge on any atom is -0.358 e. The monoisotopic (exact) mass is 724 g/mol. The number of ether oxygens (including phenoxy) is 4. The van der Waals surface area contributed by atoms with Gasteiger partial charge in [-0.05, 0) is 52.0 Å². The van der Waals surface area contributed by atoms with E-state index < -0.39 is 47.7 Å². The number of amides is 2. The van der Waals surface area contributed by atoms with Crippen LogP contribution in [0.25, 0.3) is 0 Å². The van der Waals surface area contributed by atoms with Crippen molar-refractivity contribution in [1.82, 2.24) is 9.96 Å². The first-order valence-electron chi connectivity index (χ1n) is 16.2. The molecule has 2 fully saturated rings. The molecule has 0 N–H and O–H groups in total. The molecule has 7 rings (SSSR count). The lowest BCUT2D eigenvalue weighted by atomic mass is 9.80. The number of hydroxylamine groups is 2. The van der Waals surface area contributed by atoms with Crippen molar-refractivity contribution in [3.05, 3.63) is 154 Å². The maximum Gasteiger partial charge on any atom is 0.286 e. The second-order valence-corrected chi connectivity index (χ2v) is 13.5. The van der Waals surface area contributed by atoms with Gasteiger partial charge in [-0.3, -0.25) is 19.3 Å². The molecule has 4 aromatic rings. The summed E-state index contributed by atoms with van der Waals surface area (Å²) in [4.78, 5) is 34.3. The molecule has 0 radical (unpaired) electrons. The first-order valence-corrected chi connectivity index (χ1v) is 17.0. The van der Waals surface area contributed by atoms with Crippen LogP contribution in [-0.2, 0) is 45.6 Å². The minimum absolute atomic E-state index is 0.105. The maximum absolute atomic E-state index is 13.8. The summed E-state index contributed by atoms with van der Waals surface area (Å²) in [6.07, 6.45) is -1.31. The van der Waals surface area contributed by atoms with E-state index in [4.69, 9.17) is 23.8 Å². The van der Waals surface area contributed by atoms with Crippen molar-refractivity contribution >= 4 is 27.7 Å². The summed E-state index contributed by atoms with van der Waals surface area (Å²) in [7, 11) is 0. The van der Waals surface area contributed by atoms with E-state index in [9.17, 15) is 9.59 Å². The smallest absolute Gasteiger partial charge is 0.286 e. The zero-order valence-electron chi connectivity index (χ0n) is 27.2. The Morgan fingerprint density at radius 1 is 0.776 bits per heavy atom. The van der Waals surface area contributed by atoms with Gasteiger partial charge < -0.3 is 18.9 Å². The minimum atomic E-state index is -0.986. The molecule has 3 aliphatic rings. The van der Waals surface area contributed by atoms with Crippen molar-refractivity contribution < 1.29 is 33.4 Å². The molecular formula is C39H37BrN2O7. The van der Waals surface area contributed by atoms with Gasteiger partial charge in [-0.25, -0.2) is 5.06 Å². The summed E-state index contributed by atoms with van der Waals surface area (Å²) in [6.45, 7) is 3.58. The van der Waals surface area contributed by atoms with Gasteiger partial charge in [0.15, 0.2) is 12.0 Å². The van der Waals surface area contributed by atoms with Crippen molar-refractivity contribution in [2.45, 2.75) is 56.4 Å². The third-order valence-electron chi connectivity index (χ3n) is 8.88. The van der Waals surface area contributed by atoms with Crippen LogP contribution in [0, 0.1) is 0 Å². The van der Waals surface area contributed by atoms with Crippen molar-refractivity contribution in [3.8, 4) is 0 Å². The molecule has 2 saturated heterocycles. The molecule has 10 heteroatoms. The van der Waals surface area contributed by atoms with Crippen LogP contribution >= 0.6 is 15.9 Å². The van der Waals surface area contributed by atoms with Crippen LogP contribution in [0.4, 0.5) is 0 Å². The van der Waals surface area contributed by atoms with E-state index in [1.807, 2.05) is 98.8 Å². The van der Waals surface area contributed by atoms with E-state index in [0.29, 0.717) is 0 Å². The molecule has 49 heavy (non-hydrogen) atoms. The second-order valence-electron chi connectivity index (χ2n) is 12.6. The summed E-state index contributed by atoms with van der Waals surface area (Å²) < 4.78 is 26.6. The number of carbonyl (C=O) groups excluding carboxylic acids is 2. The van der Waals surface area contributed by atoms with Crippen molar-refractivity contribution in [3.63, 3.8) is 0 Å². The van der Waals surface area contributed by atoms with Gasteiger partial charge >= 0.3 is 0 Å². The molecule has 3 aliphatic heterocycles. The second kappa shape index (κ2) is 14.0. The number of carbonyl (C=O) groups is 2. The van der Waals surface area contributed by atoms with Crippen LogP contribution in [0.15, 0.2) is 132 Å². The lowest BCUT2D eigenvalue weighted by Crippen LogP contribution is -2.47. The number of halogens is 1. The van der Waals surface area contributed by atoms with Crippen LogP contribution in [-0.4, -0.2) is 65.3 Å². The lowest BCUT2D eigenvalue weighted by Gasteiger charge is -2.37. The molecule has 0 spiro atoms. The topological polar surface area (TPSA) is 86.8 Å². The summed E-state index contributed by atoms with van der Waals surface area (Å²) in [5.41, 5.74) is 2.73. The first kappa shape index (κ1) is 33.3. The number of benzene rings is 4. The Bertz CT molecular complexity index is 1690. The van der Waals surface area contributed by atoms with Crippen molar-refractivity contribution in [2.75, 3.05) is 13.2 Å². The fourth-order valence-corrected chi connectivity index (χ4v) is 7.10. The van der Waals surface area contributed by atoms with Gasteiger partial charge in [-0.2, -0.15) is 0 Å². The van der Waals surface area contributed by atoms with Crippen LogP contribution < -0.4 is 0 Å². The maximum atomic E-state index is 13.8. The molecule has 1 unspecified atom stereocenters. The Morgan fingerprint density at radius 3 is 1.84 bits per heavy atom.